The van der Waals surface area contributed by atoms with E-state index >= 15 is 0 Å². The molecule has 0 radical (unpaired) electrons. The lowest BCUT2D eigenvalue weighted by Crippen LogP contribution is -2.04. The largest absolute Gasteiger partial charge is 0.330 e. The van der Waals surface area contributed by atoms with Gasteiger partial charge in [0.1, 0.15) is 12.2 Å². The van der Waals surface area contributed by atoms with Gasteiger partial charge in [0, 0.05) is 42.7 Å². The molecule has 0 amide bonds. The van der Waals surface area contributed by atoms with Gasteiger partial charge in [0.05, 0.1) is 5.69 Å². The first-order valence-electron chi connectivity index (χ1n) is 11.1. The van der Waals surface area contributed by atoms with Gasteiger partial charge in [0.15, 0.2) is 5.82 Å². The molecule has 33 heavy (non-hydrogen) atoms. The fraction of sp³-hybridized carbons (Fsp3) is 0.200. The molecular weight excluding hydrogens is 412 g/mol. The van der Waals surface area contributed by atoms with Crippen LogP contribution in [-0.4, -0.2) is 40.1 Å². The van der Waals surface area contributed by atoms with Crippen LogP contribution in [0.2, 0.25) is 0 Å². The second-order valence-electron chi connectivity index (χ2n) is 7.89. The number of imidazole rings is 1. The number of hydrogen-bond acceptors (Lipinski definition) is 6. The summed E-state index contributed by atoms with van der Waals surface area (Å²) in [4.78, 5) is 13.2. The van der Waals surface area contributed by atoms with Crippen molar-refractivity contribution < 1.29 is 0 Å². The number of tetrazole rings is 1. The average molecular weight is 437 g/mol. The minimum atomic E-state index is 0.658. The van der Waals surface area contributed by atoms with Crippen LogP contribution >= 0.6 is 0 Å². The van der Waals surface area contributed by atoms with Crippen molar-refractivity contribution >= 4 is 0 Å². The molecule has 0 aliphatic carbocycles. The number of rotatable bonds is 8. The predicted molar refractivity (Wildman–Crippen MR) is 126 cm³/mol. The van der Waals surface area contributed by atoms with Crippen LogP contribution in [0.3, 0.4) is 0 Å². The van der Waals surface area contributed by atoms with Crippen molar-refractivity contribution in [2.75, 3.05) is 0 Å². The molecule has 3 aromatic heterocycles. The molecule has 0 atom stereocenters. The third-order valence-corrected chi connectivity index (χ3v) is 5.61. The molecule has 0 aliphatic heterocycles. The summed E-state index contributed by atoms with van der Waals surface area (Å²) in [6, 6.07) is 16.7. The fourth-order valence-corrected chi connectivity index (χ4v) is 3.90. The molecule has 5 rings (SSSR count). The number of aromatic amines is 1. The number of aromatic nitrogens is 8. The number of hydrogen-bond donors (Lipinski definition) is 1. The highest BCUT2D eigenvalue weighted by molar-refractivity contribution is 5.80. The van der Waals surface area contributed by atoms with Crippen LogP contribution in [0.15, 0.2) is 73.4 Å². The van der Waals surface area contributed by atoms with Gasteiger partial charge in [-0.1, -0.05) is 61.9 Å². The first-order valence-corrected chi connectivity index (χ1v) is 11.1. The third kappa shape index (κ3) is 4.55. The van der Waals surface area contributed by atoms with Gasteiger partial charge in [0.25, 0.3) is 0 Å². The number of nitrogens with zero attached hydrogens (tertiary/aromatic N) is 7. The van der Waals surface area contributed by atoms with Crippen molar-refractivity contribution in [2.45, 2.75) is 32.7 Å². The van der Waals surface area contributed by atoms with Gasteiger partial charge in [-0.3, -0.25) is 0 Å². The predicted octanol–water partition coefficient (Wildman–Crippen LogP) is 4.58. The second-order valence-corrected chi connectivity index (χ2v) is 7.89. The van der Waals surface area contributed by atoms with Crippen molar-refractivity contribution in [3.8, 4) is 33.8 Å². The van der Waals surface area contributed by atoms with E-state index < -0.39 is 0 Å². The monoisotopic (exact) mass is 436 g/mol. The first kappa shape index (κ1) is 20.7. The molecule has 1 N–H and O–H groups in total. The van der Waals surface area contributed by atoms with Crippen molar-refractivity contribution in [2.24, 2.45) is 0 Å². The summed E-state index contributed by atoms with van der Waals surface area (Å²) >= 11 is 0. The molecule has 164 valence electrons. The summed E-state index contributed by atoms with van der Waals surface area (Å²) in [5.74, 6) is 1.74. The minimum Gasteiger partial charge on any atom is -0.330 e. The van der Waals surface area contributed by atoms with E-state index in [1.54, 1.807) is 12.4 Å². The highest BCUT2D eigenvalue weighted by Crippen LogP contribution is 2.30. The van der Waals surface area contributed by atoms with Crippen molar-refractivity contribution in [3.63, 3.8) is 0 Å². The quantitative estimate of drug-likeness (QED) is 0.382. The standard InChI is InChI=1S/C25H24N8/c1-2-3-8-24-28-23(20-13-26-17-27-14-20)16-33(24)15-18-9-11-19(12-10-18)21-6-4-5-7-22(21)25-29-31-32-30-25/h4-7,9-14,16-17H,2-3,8,15H2,1H3,(H,29,30,31,32). The van der Waals surface area contributed by atoms with E-state index in [-0.39, 0.29) is 0 Å². The average Bonchev–Trinajstić information content (AvgIpc) is 3.54. The van der Waals surface area contributed by atoms with Crippen molar-refractivity contribution in [1.29, 1.82) is 0 Å². The molecule has 2 aromatic carbocycles. The number of nitrogens with one attached hydrogen (secondary N) is 1. The van der Waals surface area contributed by atoms with Gasteiger partial charge in [-0.15, -0.1) is 5.10 Å². The third-order valence-electron chi connectivity index (χ3n) is 5.61. The minimum absolute atomic E-state index is 0.658. The Labute approximate surface area is 191 Å². The second kappa shape index (κ2) is 9.52. The summed E-state index contributed by atoms with van der Waals surface area (Å²) in [7, 11) is 0. The smallest absolute Gasteiger partial charge is 0.180 e. The number of unbranched alkanes of at least 4 members (excludes halogenated alkanes) is 1. The molecule has 0 spiro atoms. The Kier molecular flexibility index (Phi) is 5.97. The van der Waals surface area contributed by atoms with Gasteiger partial charge in [-0.2, -0.15) is 0 Å². The lowest BCUT2D eigenvalue weighted by atomic mass is 9.98. The number of benzene rings is 2. The summed E-state index contributed by atoms with van der Waals surface area (Å²) in [5.41, 5.74) is 6.23. The Morgan fingerprint density at radius 3 is 2.42 bits per heavy atom. The summed E-state index contributed by atoms with van der Waals surface area (Å²) < 4.78 is 2.24. The van der Waals surface area contributed by atoms with E-state index in [9.17, 15) is 0 Å². The van der Waals surface area contributed by atoms with Crippen molar-refractivity contribution in [3.05, 3.63) is 84.8 Å². The highest BCUT2D eigenvalue weighted by Gasteiger charge is 2.12. The van der Waals surface area contributed by atoms with Crippen LogP contribution in [-0.2, 0) is 13.0 Å². The lowest BCUT2D eigenvalue weighted by molar-refractivity contribution is 0.678. The zero-order valence-corrected chi connectivity index (χ0v) is 18.4. The SMILES string of the molecule is CCCCc1nc(-c2cncnc2)cn1Cc1ccc(-c2ccccc2-c2nnn[nH]2)cc1. The molecule has 5 aromatic rings. The van der Waals surface area contributed by atoms with Gasteiger partial charge in [-0.05, 0) is 33.5 Å². The van der Waals surface area contributed by atoms with Crippen molar-refractivity contribution in [1.82, 2.24) is 40.1 Å². The molecule has 0 bridgehead atoms. The van der Waals surface area contributed by atoms with E-state index in [0.717, 1.165) is 59.6 Å². The molecule has 0 fully saturated rings. The Hall–Kier alpha value is -4.20. The molecule has 3 heterocycles. The maximum absolute atomic E-state index is 4.88. The zero-order valence-electron chi connectivity index (χ0n) is 18.4. The van der Waals surface area contributed by atoms with E-state index in [4.69, 9.17) is 4.98 Å². The lowest BCUT2D eigenvalue weighted by Gasteiger charge is -2.10. The molecule has 0 saturated carbocycles. The number of H-pyrrole nitrogens is 1. The Balaban J connectivity index is 1.42. The summed E-state index contributed by atoms with van der Waals surface area (Å²) in [6.07, 6.45) is 10.4. The van der Waals surface area contributed by atoms with Crippen LogP contribution in [0.25, 0.3) is 33.8 Å². The van der Waals surface area contributed by atoms with Crippen LogP contribution in [0, 0.1) is 0 Å². The molecule has 8 heteroatoms. The zero-order chi connectivity index (χ0) is 22.5. The van der Waals surface area contributed by atoms with Gasteiger partial charge >= 0.3 is 0 Å². The maximum Gasteiger partial charge on any atom is 0.180 e. The maximum atomic E-state index is 4.88. The molecule has 0 unspecified atom stereocenters. The normalized spacial score (nSPS) is 11.1. The molecule has 0 saturated heterocycles. The molecule has 8 nitrogen and oxygen atoms in total. The van der Waals surface area contributed by atoms with E-state index in [1.807, 2.05) is 18.2 Å². The van der Waals surface area contributed by atoms with E-state index in [1.165, 1.54) is 11.9 Å². The van der Waals surface area contributed by atoms with Crippen LogP contribution in [0.4, 0.5) is 0 Å². The Morgan fingerprint density at radius 1 is 0.909 bits per heavy atom. The topological polar surface area (TPSA) is 98.1 Å². The van der Waals surface area contributed by atoms with Crippen LogP contribution in [0.5, 0.6) is 0 Å². The summed E-state index contributed by atoms with van der Waals surface area (Å²) in [5, 5.41) is 14.3. The molecule has 0 aliphatic rings. The van der Waals surface area contributed by atoms with Crippen LogP contribution in [0.1, 0.15) is 31.2 Å². The van der Waals surface area contributed by atoms with Gasteiger partial charge < -0.3 is 4.57 Å². The Bertz CT molecular complexity index is 1310. The van der Waals surface area contributed by atoms with E-state index in [2.05, 4.69) is 78.6 Å². The van der Waals surface area contributed by atoms with Gasteiger partial charge in [0.2, 0.25) is 0 Å². The van der Waals surface area contributed by atoms with Gasteiger partial charge in [-0.25, -0.2) is 20.1 Å². The summed E-state index contributed by atoms with van der Waals surface area (Å²) in [6.45, 7) is 2.96. The van der Waals surface area contributed by atoms with E-state index in [0.29, 0.717) is 5.82 Å². The fourth-order valence-electron chi connectivity index (χ4n) is 3.90. The molecular formula is C25H24N8. The first-order chi connectivity index (χ1) is 16.3. The highest BCUT2D eigenvalue weighted by atomic mass is 15.5. The number of aryl methyl sites for hydroxylation is 1. The Morgan fingerprint density at radius 2 is 1.70 bits per heavy atom. The van der Waals surface area contributed by atoms with Crippen LogP contribution < -0.4 is 0 Å².